The van der Waals surface area contributed by atoms with Gasteiger partial charge in [0.05, 0.1) is 0 Å². The SMILES string of the molecule is CCc1ccc(NC(=O)NC(C)CCc2ccccc2)cc1. The van der Waals surface area contributed by atoms with E-state index in [1.54, 1.807) is 0 Å². The molecule has 0 aliphatic heterocycles. The number of benzene rings is 2. The molecule has 0 saturated carbocycles. The van der Waals surface area contributed by atoms with Gasteiger partial charge in [0, 0.05) is 11.7 Å². The zero-order chi connectivity index (χ0) is 15.8. The summed E-state index contributed by atoms with van der Waals surface area (Å²) < 4.78 is 0. The molecule has 116 valence electrons. The Labute approximate surface area is 132 Å². The van der Waals surface area contributed by atoms with Crippen molar-refractivity contribution in [1.82, 2.24) is 5.32 Å². The highest BCUT2D eigenvalue weighted by atomic mass is 16.2. The Morgan fingerprint density at radius 2 is 1.68 bits per heavy atom. The normalized spacial score (nSPS) is 11.7. The highest BCUT2D eigenvalue weighted by Crippen LogP contribution is 2.10. The second-order valence-electron chi connectivity index (χ2n) is 5.57. The molecule has 2 aromatic carbocycles. The first-order valence-corrected chi connectivity index (χ1v) is 7.87. The molecule has 0 bridgehead atoms. The first-order valence-electron chi connectivity index (χ1n) is 7.87. The fourth-order valence-electron chi connectivity index (χ4n) is 2.31. The van der Waals surface area contributed by atoms with Crippen molar-refractivity contribution in [2.24, 2.45) is 0 Å². The Hall–Kier alpha value is -2.29. The van der Waals surface area contributed by atoms with Crippen LogP contribution < -0.4 is 10.6 Å². The van der Waals surface area contributed by atoms with Crippen molar-refractivity contribution in [3.05, 3.63) is 65.7 Å². The van der Waals surface area contributed by atoms with E-state index in [1.807, 2.05) is 49.4 Å². The molecule has 22 heavy (non-hydrogen) atoms. The number of hydrogen-bond acceptors (Lipinski definition) is 1. The first-order chi connectivity index (χ1) is 10.7. The molecule has 0 aliphatic rings. The average Bonchev–Trinajstić information content (AvgIpc) is 2.54. The van der Waals surface area contributed by atoms with Crippen LogP contribution in [0.15, 0.2) is 54.6 Å². The van der Waals surface area contributed by atoms with Gasteiger partial charge in [-0.2, -0.15) is 0 Å². The van der Waals surface area contributed by atoms with E-state index in [-0.39, 0.29) is 12.1 Å². The number of anilines is 1. The van der Waals surface area contributed by atoms with Crippen molar-refractivity contribution in [3.8, 4) is 0 Å². The maximum absolute atomic E-state index is 12.0. The van der Waals surface area contributed by atoms with Crippen LogP contribution in [0.3, 0.4) is 0 Å². The van der Waals surface area contributed by atoms with Gasteiger partial charge in [-0.25, -0.2) is 4.79 Å². The Kier molecular flexibility index (Phi) is 6.01. The lowest BCUT2D eigenvalue weighted by molar-refractivity contribution is 0.248. The molecule has 0 aromatic heterocycles. The van der Waals surface area contributed by atoms with Crippen molar-refractivity contribution in [2.75, 3.05) is 5.32 Å². The summed E-state index contributed by atoms with van der Waals surface area (Å²) in [6.45, 7) is 4.15. The molecule has 3 heteroatoms. The molecule has 2 aromatic rings. The van der Waals surface area contributed by atoms with E-state index in [0.29, 0.717) is 0 Å². The first kappa shape index (κ1) is 16.1. The lowest BCUT2D eigenvalue weighted by atomic mass is 10.1. The molecule has 0 fully saturated rings. The fourth-order valence-corrected chi connectivity index (χ4v) is 2.31. The molecule has 2 amide bonds. The summed E-state index contributed by atoms with van der Waals surface area (Å²) in [5, 5.41) is 5.85. The van der Waals surface area contributed by atoms with Gasteiger partial charge in [-0.3, -0.25) is 0 Å². The largest absolute Gasteiger partial charge is 0.335 e. The highest BCUT2D eigenvalue weighted by Gasteiger charge is 2.07. The third-order valence-electron chi connectivity index (χ3n) is 3.71. The van der Waals surface area contributed by atoms with Crippen LogP contribution in [0.1, 0.15) is 31.4 Å². The number of carbonyl (C=O) groups is 1. The minimum atomic E-state index is -0.148. The van der Waals surface area contributed by atoms with Crippen LogP contribution in [0.4, 0.5) is 10.5 Å². The van der Waals surface area contributed by atoms with Crippen molar-refractivity contribution < 1.29 is 4.79 Å². The smallest absolute Gasteiger partial charge is 0.319 e. The molecule has 0 spiro atoms. The summed E-state index contributed by atoms with van der Waals surface area (Å²) in [7, 11) is 0. The van der Waals surface area contributed by atoms with Crippen LogP contribution in [-0.4, -0.2) is 12.1 Å². The van der Waals surface area contributed by atoms with Crippen LogP contribution in [0, 0.1) is 0 Å². The van der Waals surface area contributed by atoms with Gasteiger partial charge in [0.2, 0.25) is 0 Å². The van der Waals surface area contributed by atoms with Crippen molar-refractivity contribution in [3.63, 3.8) is 0 Å². The quantitative estimate of drug-likeness (QED) is 0.815. The maximum Gasteiger partial charge on any atom is 0.319 e. The van der Waals surface area contributed by atoms with E-state index in [0.717, 1.165) is 24.9 Å². The lowest BCUT2D eigenvalue weighted by Gasteiger charge is -2.15. The second kappa shape index (κ2) is 8.23. The van der Waals surface area contributed by atoms with Gasteiger partial charge in [0.25, 0.3) is 0 Å². The van der Waals surface area contributed by atoms with Crippen LogP contribution in [0.2, 0.25) is 0 Å². The molecule has 2 rings (SSSR count). The zero-order valence-electron chi connectivity index (χ0n) is 13.3. The molecule has 1 unspecified atom stereocenters. The van der Waals surface area contributed by atoms with E-state index in [4.69, 9.17) is 0 Å². The van der Waals surface area contributed by atoms with Gasteiger partial charge < -0.3 is 10.6 Å². The third-order valence-corrected chi connectivity index (χ3v) is 3.71. The Morgan fingerprint density at radius 1 is 1.00 bits per heavy atom. The van der Waals surface area contributed by atoms with Crippen LogP contribution >= 0.6 is 0 Å². The Balaban J connectivity index is 1.75. The van der Waals surface area contributed by atoms with Gasteiger partial charge in [-0.1, -0.05) is 49.4 Å². The number of nitrogens with one attached hydrogen (secondary N) is 2. The van der Waals surface area contributed by atoms with Crippen LogP contribution in [-0.2, 0) is 12.8 Å². The Morgan fingerprint density at radius 3 is 2.32 bits per heavy atom. The zero-order valence-corrected chi connectivity index (χ0v) is 13.3. The van der Waals surface area contributed by atoms with E-state index >= 15 is 0 Å². The summed E-state index contributed by atoms with van der Waals surface area (Å²) >= 11 is 0. The summed E-state index contributed by atoms with van der Waals surface area (Å²) in [6.07, 6.45) is 2.89. The van der Waals surface area contributed by atoms with Gasteiger partial charge in [0.1, 0.15) is 0 Å². The van der Waals surface area contributed by atoms with Gasteiger partial charge in [-0.05, 0) is 49.4 Å². The third kappa shape index (κ3) is 5.24. The van der Waals surface area contributed by atoms with Crippen molar-refractivity contribution in [1.29, 1.82) is 0 Å². The predicted octanol–water partition coefficient (Wildman–Crippen LogP) is 4.39. The maximum atomic E-state index is 12.0. The minimum Gasteiger partial charge on any atom is -0.335 e. The number of amides is 2. The van der Waals surface area contributed by atoms with Crippen molar-refractivity contribution in [2.45, 2.75) is 39.2 Å². The van der Waals surface area contributed by atoms with E-state index < -0.39 is 0 Å². The number of aryl methyl sites for hydroxylation is 2. The molecule has 3 nitrogen and oxygen atoms in total. The molecule has 0 aliphatic carbocycles. The number of rotatable bonds is 6. The van der Waals surface area contributed by atoms with E-state index in [1.165, 1.54) is 11.1 Å². The number of urea groups is 1. The monoisotopic (exact) mass is 296 g/mol. The highest BCUT2D eigenvalue weighted by molar-refractivity contribution is 5.89. The van der Waals surface area contributed by atoms with E-state index in [9.17, 15) is 4.79 Å². The summed E-state index contributed by atoms with van der Waals surface area (Å²) in [4.78, 5) is 12.0. The van der Waals surface area contributed by atoms with Crippen LogP contribution in [0.25, 0.3) is 0 Å². The molecular weight excluding hydrogens is 272 g/mol. The topological polar surface area (TPSA) is 41.1 Å². The van der Waals surface area contributed by atoms with Crippen LogP contribution in [0.5, 0.6) is 0 Å². The minimum absolute atomic E-state index is 0.134. The summed E-state index contributed by atoms with van der Waals surface area (Å²) in [5.41, 5.74) is 3.39. The average molecular weight is 296 g/mol. The Bertz CT molecular complexity index is 578. The molecule has 0 heterocycles. The van der Waals surface area contributed by atoms with Gasteiger partial charge in [0.15, 0.2) is 0 Å². The fraction of sp³-hybridized carbons (Fsp3) is 0.316. The predicted molar refractivity (Wildman–Crippen MR) is 92.2 cm³/mol. The lowest BCUT2D eigenvalue weighted by Crippen LogP contribution is -2.36. The van der Waals surface area contributed by atoms with Gasteiger partial charge in [-0.15, -0.1) is 0 Å². The van der Waals surface area contributed by atoms with E-state index in [2.05, 4.69) is 29.7 Å². The molecule has 2 N–H and O–H groups in total. The number of hydrogen-bond donors (Lipinski definition) is 2. The van der Waals surface area contributed by atoms with Gasteiger partial charge >= 0.3 is 6.03 Å². The number of carbonyl (C=O) groups excluding carboxylic acids is 1. The summed E-state index contributed by atoms with van der Waals surface area (Å²) in [6, 6.07) is 18.3. The standard InChI is InChI=1S/C19H24N2O/c1-3-16-11-13-18(14-12-16)21-19(22)20-15(2)9-10-17-7-5-4-6-8-17/h4-8,11-15H,3,9-10H2,1-2H3,(H2,20,21,22). The molecular formula is C19H24N2O. The van der Waals surface area contributed by atoms with Crippen molar-refractivity contribution >= 4 is 11.7 Å². The molecule has 0 saturated heterocycles. The molecule has 0 radical (unpaired) electrons. The molecule has 1 atom stereocenters. The summed E-state index contributed by atoms with van der Waals surface area (Å²) in [5.74, 6) is 0. The second-order valence-corrected chi connectivity index (χ2v) is 5.57.